The molecular formula is C11H16ClN3S. The van der Waals surface area contributed by atoms with Gasteiger partial charge in [-0.1, -0.05) is 18.5 Å². The summed E-state index contributed by atoms with van der Waals surface area (Å²) in [4.78, 5) is 2.45. The minimum atomic E-state index is 0.462. The van der Waals surface area contributed by atoms with Crippen molar-refractivity contribution in [3.05, 3.63) is 23.0 Å². The summed E-state index contributed by atoms with van der Waals surface area (Å²) in [5.41, 5.74) is 1.01. The summed E-state index contributed by atoms with van der Waals surface area (Å²) in [7, 11) is 0. The standard InChI is InChI=1S/C11H16ClN3S/c1-2-10-8-15(5-6-16-10)7-9-3-4-11(12)14-13-9/h3-4,10H,2,5-8H2,1H3. The third-order valence-corrected chi connectivity index (χ3v) is 4.32. The molecule has 16 heavy (non-hydrogen) atoms. The highest BCUT2D eigenvalue weighted by Gasteiger charge is 2.19. The molecular weight excluding hydrogens is 242 g/mol. The zero-order chi connectivity index (χ0) is 11.4. The van der Waals surface area contributed by atoms with Gasteiger partial charge in [0.2, 0.25) is 0 Å². The van der Waals surface area contributed by atoms with Gasteiger partial charge in [0.05, 0.1) is 5.69 Å². The average molecular weight is 258 g/mol. The van der Waals surface area contributed by atoms with Gasteiger partial charge in [-0.2, -0.15) is 16.9 Å². The molecule has 2 heterocycles. The molecule has 1 fully saturated rings. The van der Waals surface area contributed by atoms with Crippen LogP contribution in [-0.4, -0.2) is 39.2 Å². The third kappa shape index (κ3) is 3.34. The third-order valence-electron chi connectivity index (χ3n) is 2.75. The fourth-order valence-corrected chi connectivity index (χ4v) is 3.18. The van der Waals surface area contributed by atoms with E-state index in [1.807, 2.05) is 6.07 Å². The van der Waals surface area contributed by atoms with Crippen molar-refractivity contribution >= 4 is 23.4 Å². The van der Waals surface area contributed by atoms with Gasteiger partial charge in [0.25, 0.3) is 0 Å². The largest absolute Gasteiger partial charge is 0.296 e. The SMILES string of the molecule is CCC1CN(Cc2ccc(Cl)nn2)CCS1. The van der Waals surface area contributed by atoms with E-state index in [1.165, 1.54) is 12.2 Å². The summed E-state index contributed by atoms with van der Waals surface area (Å²) in [6.45, 7) is 5.45. The molecule has 0 amide bonds. The second-order valence-corrected chi connectivity index (χ2v) is 5.78. The van der Waals surface area contributed by atoms with Crippen LogP contribution in [0.5, 0.6) is 0 Å². The van der Waals surface area contributed by atoms with E-state index < -0.39 is 0 Å². The summed E-state index contributed by atoms with van der Waals surface area (Å²) in [5, 5.41) is 9.19. The zero-order valence-electron chi connectivity index (χ0n) is 9.40. The Morgan fingerprint density at radius 2 is 2.38 bits per heavy atom. The number of nitrogens with zero attached hydrogens (tertiary/aromatic N) is 3. The molecule has 0 bridgehead atoms. The number of thioether (sulfide) groups is 1. The highest BCUT2D eigenvalue weighted by molar-refractivity contribution is 8.00. The Morgan fingerprint density at radius 3 is 3.06 bits per heavy atom. The summed E-state index contributed by atoms with van der Waals surface area (Å²) >= 11 is 7.79. The lowest BCUT2D eigenvalue weighted by atomic mass is 10.2. The van der Waals surface area contributed by atoms with Crippen LogP contribution in [0, 0.1) is 0 Å². The van der Waals surface area contributed by atoms with Gasteiger partial charge in [-0.3, -0.25) is 4.90 Å². The van der Waals surface area contributed by atoms with Crippen molar-refractivity contribution in [3.8, 4) is 0 Å². The van der Waals surface area contributed by atoms with Gasteiger partial charge in [-0.05, 0) is 18.6 Å². The van der Waals surface area contributed by atoms with Gasteiger partial charge < -0.3 is 0 Å². The molecule has 1 atom stereocenters. The lowest BCUT2D eigenvalue weighted by Gasteiger charge is -2.31. The van der Waals surface area contributed by atoms with Gasteiger partial charge in [0.15, 0.2) is 5.15 Å². The van der Waals surface area contributed by atoms with Gasteiger partial charge in [-0.25, -0.2) is 0 Å². The quantitative estimate of drug-likeness (QED) is 0.832. The van der Waals surface area contributed by atoms with Crippen LogP contribution in [0.1, 0.15) is 19.0 Å². The Morgan fingerprint density at radius 1 is 1.50 bits per heavy atom. The van der Waals surface area contributed by atoms with Crippen molar-refractivity contribution in [2.75, 3.05) is 18.8 Å². The van der Waals surface area contributed by atoms with E-state index in [9.17, 15) is 0 Å². The van der Waals surface area contributed by atoms with Crippen LogP contribution in [0.3, 0.4) is 0 Å². The molecule has 0 radical (unpaired) electrons. The van der Waals surface area contributed by atoms with Crippen molar-refractivity contribution in [3.63, 3.8) is 0 Å². The fraction of sp³-hybridized carbons (Fsp3) is 0.636. The topological polar surface area (TPSA) is 29.0 Å². The second kappa shape index (κ2) is 5.84. The molecule has 1 aromatic heterocycles. The second-order valence-electron chi connectivity index (χ2n) is 3.98. The van der Waals surface area contributed by atoms with Crippen LogP contribution in [0.2, 0.25) is 5.15 Å². The molecule has 1 saturated heterocycles. The van der Waals surface area contributed by atoms with E-state index in [1.54, 1.807) is 6.07 Å². The van der Waals surface area contributed by atoms with Crippen molar-refractivity contribution < 1.29 is 0 Å². The monoisotopic (exact) mass is 257 g/mol. The van der Waals surface area contributed by atoms with E-state index >= 15 is 0 Å². The molecule has 0 spiro atoms. The zero-order valence-corrected chi connectivity index (χ0v) is 11.0. The fourth-order valence-electron chi connectivity index (χ4n) is 1.83. The highest BCUT2D eigenvalue weighted by Crippen LogP contribution is 2.21. The van der Waals surface area contributed by atoms with Crippen molar-refractivity contribution in [2.24, 2.45) is 0 Å². The van der Waals surface area contributed by atoms with Crippen LogP contribution in [0.4, 0.5) is 0 Å². The molecule has 3 nitrogen and oxygen atoms in total. The molecule has 0 aliphatic carbocycles. The number of halogens is 1. The van der Waals surface area contributed by atoms with Crippen LogP contribution < -0.4 is 0 Å². The number of hydrogen-bond donors (Lipinski definition) is 0. The molecule has 5 heteroatoms. The summed E-state index contributed by atoms with van der Waals surface area (Å²) in [6, 6.07) is 3.76. The smallest absolute Gasteiger partial charge is 0.151 e. The van der Waals surface area contributed by atoms with Crippen molar-refractivity contribution in [1.29, 1.82) is 0 Å². The molecule has 0 N–H and O–H groups in total. The van der Waals surface area contributed by atoms with E-state index in [4.69, 9.17) is 11.6 Å². The predicted octanol–water partition coefficient (Wildman–Crippen LogP) is 2.46. The molecule has 0 aromatic carbocycles. The molecule has 1 aliphatic rings. The average Bonchev–Trinajstić information content (AvgIpc) is 2.32. The lowest BCUT2D eigenvalue weighted by molar-refractivity contribution is 0.269. The Bertz CT molecular complexity index is 331. The Kier molecular flexibility index (Phi) is 4.44. The maximum atomic E-state index is 5.71. The van der Waals surface area contributed by atoms with E-state index in [-0.39, 0.29) is 0 Å². The van der Waals surface area contributed by atoms with E-state index in [2.05, 4.69) is 33.8 Å². The van der Waals surface area contributed by atoms with E-state index in [0.29, 0.717) is 5.15 Å². The molecule has 1 aromatic rings. The molecule has 2 rings (SSSR count). The van der Waals surface area contributed by atoms with Crippen molar-refractivity contribution in [2.45, 2.75) is 25.1 Å². The van der Waals surface area contributed by atoms with E-state index in [0.717, 1.165) is 30.6 Å². The molecule has 0 saturated carbocycles. The first-order valence-corrected chi connectivity index (χ1v) is 7.02. The highest BCUT2D eigenvalue weighted by atomic mass is 35.5. The van der Waals surface area contributed by atoms with Crippen LogP contribution in [0.15, 0.2) is 12.1 Å². The lowest BCUT2D eigenvalue weighted by Crippen LogP contribution is -2.37. The molecule has 88 valence electrons. The summed E-state index contributed by atoms with van der Waals surface area (Å²) < 4.78 is 0. The first kappa shape index (κ1) is 12.1. The van der Waals surface area contributed by atoms with Crippen LogP contribution in [0.25, 0.3) is 0 Å². The minimum absolute atomic E-state index is 0.462. The van der Waals surface area contributed by atoms with Gasteiger partial charge in [0.1, 0.15) is 0 Å². The summed E-state index contributed by atoms with van der Waals surface area (Å²) in [5.74, 6) is 1.22. The first-order valence-electron chi connectivity index (χ1n) is 5.60. The minimum Gasteiger partial charge on any atom is -0.296 e. The Balaban J connectivity index is 1.91. The van der Waals surface area contributed by atoms with Gasteiger partial charge >= 0.3 is 0 Å². The van der Waals surface area contributed by atoms with Crippen LogP contribution in [-0.2, 0) is 6.54 Å². The number of hydrogen-bond acceptors (Lipinski definition) is 4. The number of aromatic nitrogens is 2. The Hall–Kier alpha value is -0.320. The van der Waals surface area contributed by atoms with Crippen LogP contribution >= 0.6 is 23.4 Å². The number of rotatable bonds is 3. The predicted molar refractivity (Wildman–Crippen MR) is 68.9 cm³/mol. The maximum Gasteiger partial charge on any atom is 0.151 e. The van der Waals surface area contributed by atoms with Gasteiger partial charge in [0, 0.05) is 30.6 Å². The molecule has 1 unspecified atom stereocenters. The normalized spacial score (nSPS) is 22.2. The maximum absolute atomic E-state index is 5.71. The van der Waals surface area contributed by atoms with Crippen molar-refractivity contribution in [1.82, 2.24) is 15.1 Å². The Labute approximate surface area is 106 Å². The first-order chi connectivity index (χ1) is 7.78. The van der Waals surface area contributed by atoms with Gasteiger partial charge in [-0.15, -0.1) is 5.10 Å². The summed E-state index contributed by atoms with van der Waals surface area (Å²) in [6.07, 6.45) is 1.24. The molecule has 1 aliphatic heterocycles.